The number of H-pyrrole nitrogens is 1. The lowest BCUT2D eigenvalue weighted by molar-refractivity contribution is 0.396. The molecule has 0 amide bonds. The Morgan fingerprint density at radius 1 is 1.04 bits per heavy atom. The Hall–Kier alpha value is -2.66. The maximum atomic E-state index is 11.9. The van der Waals surface area contributed by atoms with Gasteiger partial charge in [-0.05, 0) is 51.7 Å². The van der Waals surface area contributed by atoms with Crippen LogP contribution in [0.1, 0.15) is 12.8 Å². The molecule has 25 heavy (non-hydrogen) atoms. The van der Waals surface area contributed by atoms with Crippen molar-refractivity contribution in [3.8, 4) is 11.3 Å². The third-order valence-electron chi connectivity index (χ3n) is 4.19. The first-order chi connectivity index (χ1) is 12.1. The van der Waals surface area contributed by atoms with E-state index in [-0.39, 0.29) is 5.56 Å². The molecule has 5 nitrogen and oxygen atoms in total. The van der Waals surface area contributed by atoms with E-state index < -0.39 is 0 Å². The van der Waals surface area contributed by atoms with Crippen LogP contribution in [0.25, 0.3) is 22.0 Å². The first-order valence-electron chi connectivity index (χ1n) is 8.61. The van der Waals surface area contributed by atoms with Crippen molar-refractivity contribution in [2.75, 3.05) is 32.5 Å². The molecule has 2 N–H and O–H groups in total. The predicted octanol–water partition coefficient (Wildman–Crippen LogP) is 3.34. The van der Waals surface area contributed by atoms with E-state index in [1.165, 1.54) is 6.42 Å². The van der Waals surface area contributed by atoms with E-state index in [1.807, 2.05) is 36.4 Å². The normalized spacial score (nSPS) is 11.2. The quantitative estimate of drug-likeness (QED) is 0.650. The second kappa shape index (κ2) is 7.94. The molecule has 2 aromatic carbocycles. The summed E-state index contributed by atoms with van der Waals surface area (Å²) in [5.41, 5.74) is 2.70. The van der Waals surface area contributed by atoms with Crippen molar-refractivity contribution >= 4 is 16.5 Å². The van der Waals surface area contributed by atoms with Crippen LogP contribution in [-0.4, -0.2) is 42.3 Å². The number of nitrogens with zero attached hydrogens (tertiary/aromatic N) is 2. The van der Waals surface area contributed by atoms with E-state index in [1.54, 1.807) is 0 Å². The fourth-order valence-electron chi connectivity index (χ4n) is 2.90. The zero-order chi connectivity index (χ0) is 17.6. The molecule has 0 aliphatic heterocycles. The summed E-state index contributed by atoms with van der Waals surface area (Å²) in [5.74, 6) is 0. The number of benzene rings is 2. The van der Waals surface area contributed by atoms with E-state index in [9.17, 15) is 4.79 Å². The molecule has 0 aliphatic carbocycles. The maximum absolute atomic E-state index is 11.9. The van der Waals surface area contributed by atoms with Crippen molar-refractivity contribution in [3.05, 3.63) is 58.9 Å². The number of unbranched alkanes of at least 4 members (excludes halogenated alkanes) is 1. The number of aromatic amines is 1. The average Bonchev–Trinajstić information content (AvgIpc) is 2.62. The monoisotopic (exact) mass is 336 g/mol. The molecule has 0 bridgehead atoms. The van der Waals surface area contributed by atoms with Gasteiger partial charge in [-0.25, -0.2) is 5.10 Å². The highest BCUT2D eigenvalue weighted by molar-refractivity contribution is 5.94. The molecule has 0 fully saturated rings. The summed E-state index contributed by atoms with van der Waals surface area (Å²) < 4.78 is 0. The van der Waals surface area contributed by atoms with Gasteiger partial charge in [0.2, 0.25) is 0 Å². The van der Waals surface area contributed by atoms with Gasteiger partial charge in [-0.2, -0.15) is 5.10 Å². The minimum absolute atomic E-state index is 0.158. The summed E-state index contributed by atoms with van der Waals surface area (Å²) >= 11 is 0. The fraction of sp³-hybridized carbons (Fsp3) is 0.300. The van der Waals surface area contributed by atoms with Gasteiger partial charge in [-0.15, -0.1) is 0 Å². The van der Waals surface area contributed by atoms with Crippen LogP contribution in [0.5, 0.6) is 0 Å². The van der Waals surface area contributed by atoms with E-state index in [0.717, 1.165) is 41.8 Å². The highest BCUT2D eigenvalue weighted by atomic mass is 16.1. The first-order valence-corrected chi connectivity index (χ1v) is 8.61. The molecule has 1 heterocycles. The van der Waals surface area contributed by atoms with Crippen molar-refractivity contribution in [3.63, 3.8) is 0 Å². The van der Waals surface area contributed by atoms with Crippen LogP contribution in [0, 0.1) is 0 Å². The van der Waals surface area contributed by atoms with E-state index in [4.69, 9.17) is 0 Å². The van der Waals surface area contributed by atoms with E-state index in [0.29, 0.717) is 5.39 Å². The molecule has 0 saturated carbocycles. The van der Waals surface area contributed by atoms with Crippen LogP contribution in [0.15, 0.2) is 53.3 Å². The molecule has 130 valence electrons. The topological polar surface area (TPSA) is 61.0 Å². The third-order valence-corrected chi connectivity index (χ3v) is 4.19. The van der Waals surface area contributed by atoms with Crippen molar-refractivity contribution in [1.82, 2.24) is 15.1 Å². The smallest absolute Gasteiger partial charge is 0.272 e. The summed E-state index contributed by atoms with van der Waals surface area (Å²) in [5, 5.41) is 11.9. The number of hydrogen-bond donors (Lipinski definition) is 2. The zero-order valence-electron chi connectivity index (χ0n) is 14.7. The summed E-state index contributed by atoms with van der Waals surface area (Å²) in [4.78, 5) is 14.1. The number of anilines is 1. The lowest BCUT2D eigenvalue weighted by Crippen LogP contribution is -2.14. The van der Waals surface area contributed by atoms with Crippen LogP contribution < -0.4 is 10.9 Å². The summed E-state index contributed by atoms with van der Waals surface area (Å²) in [6.07, 6.45) is 2.30. The van der Waals surface area contributed by atoms with E-state index >= 15 is 0 Å². The molecule has 0 aliphatic rings. The average molecular weight is 336 g/mol. The molecule has 3 aromatic rings. The largest absolute Gasteiger partial charge is 0.385 e. The Balaban J connectivity index is 1.78. The summed E-state index contributed by atoms with van der Waals surface area (Å²) in [6.45, 7) is 2.05. The van der Waals surface area contributed by atoms with Gasteiger partial charge in [0.25, 0.3) is 5.56 Å². The Morgan fingerprint density at radius 2 is 1.84 bits per heavy atom. The third kappa shape index (κ3) is 4.25. The van der Waals surface area contributed by atoms with Gasteiger partial charge < -0.3 is 10.2 Å². The molecule has 0 saturated heterocycles. The van der Waals surface area contributed by atoms with Gasteiger partial charge >= 0.3 is 0 Å². The molecule has 5 heteroatoms. The van der Waals surface area contributed by atoms with Gasteiger partial charge in [-0.1, -0.05) is 30.3 Å². The van der Waals surface area contributed by atoms with Crippen molar-refractivity contribution in [1.29, 1.82) is 0 Å². The van der Waals surface area contributed by atoms with Gasteiger partial charge in [0.15, 0.2) is 0 Å². The summed E-state index contributed by atoms with van der Waals surface area (Å²) in [6, 6.07) is 15.7. The predicted molar refractivity (Wildman–Crippen MR) is 104 cm³/mol. The van der Waals surface area contributed by atoms with Gasteiger partial charge in [0.1, 0.15) is 0 Å². The van der Waals surface area contributed by atoms with Crippen molar-refractivity contribution in [2.45, 2.75) is 12.8 Å². The molecular formula is C20H24N4O. The van der Waals surface area contributed by atoms with Crippen molar-refractivity contribution < 1.29 is 0 Å². The minimum atomic E-state index is -0.158. The van der Waals surface area contributed by atoms with Crippen molar-refractivity contribution in [2.24, 2.45) is 0 Å². The van der Waals surface area contributed by atoms with Gasteiger partial charge in [0, 0.05) is 23.2 Å². The second-order valence-corrected chi connectivity index (χ2v) is 6.46. The highest BCUT2D eigenvalue weighted by Gasteiger charge is 2.08. The zero-order valence-corrected chi connectivity index (χ0v) is 14.7. The fourth-order valence-corrected chi connectivity index (χ4v) is 2.90. The minimum Gasteiger partial charge on any atom is -0.385 e. The molecule has 0 atom stereocenters. The standard InChI is InChI=1S/C20H24N4O/c1-24(2)13-6-5-12-21-16-9-7-8-15(14-16)19-17-10-3-4-11-18(17)20(25)23-22-19/h3-4,7-11,14,21H,5-6,12-13H2,1-2H3,(H,23,25). The van der Waals surface area contributed by atoms with Crippen LogP contribution in [0.4, 0.5) is 5.69 Å². The Kier molecular flexibility index (Phi) is 5.46. The molecule has 1 aromatic heterocycles. The molecule has 0 unspecified atom stereocenters. The molecule has 0 spiro atoms. The number of fused-ring (bicyclic) bond motifs is 1. The lowest BCUT2D eigenvalue weighted by atomic mass is 10.0. The Labute approximate surface area is 147 Å². The van der Waals surface area contributed by atoms with Crippen LogP contribution >= 0.6 is 0 Å². The van der Waals surface area contributed by atoms with E-state index in [2.05, 4.69) is 46.6 Å². The maximum Gasteiger partial charge on any atom is 0.272 e. The van der Waals surface area contributed by atoms with Gasteiger partial charge in [0.05, 0.1) is 11.1 Å². The molecular weight excluding hydrogens is 312 g/mol. The number of nitrogens with one attached hydrogen (secondary N) is 2. The second-order valence-electron chi connectivity index (χ2n) is 6.46. The van der Waals surface area contributed by atoms with Gasteiger partial charge in [-0.3, -0.25) is 4.79 Å². The highest BCUT2D eigenvalue weighted by Crippen LogP contribution is 2.26. The Bertz CT molecular complexity index is 901. The Morgan fingerprint density at radius 3 is 2.64 bits per heavy atom. The van der Waals surface area contributed by atoms with Crippen LogP contribution in [0.3, 0.4) is 0 Å². The number of aromatic nitrogens is 2. The van der Waals surface area contributed by atoms with Crippen LogP contribution in [-0.2, 0) is 0 Å². The summed E-state index contributed by atoms with van der Waals surface area (Å²) in [7, 11) is 4.19. The molecule has 0 radical (unpaired) electrons. The SMILES string of the molecule is CN(C)CCCCNc1cccc(-c2n[nH]c(=O)c3ccccc23)c1. The lowest BCUT2D eigenvalue weighted by Gasteiger charge is -2.11. The number of rotatable bonds is 7. The molecule has 3 rings (SSSR count). The first kappa shape index (κ1) is 17.2. The van der Waals surface area contributed by atoms with Crippen LogP contribution in [0.2, 0.25) is 0 Å². The number of hydrogen-bond acceptors (Lipinski definition) is 4.